The molecule has 0 unspecified atom stereocenters. The molecular weight excluding hydrogens is 334 g/mol. The monoisotopic (exact) mass is 357 g/mol. The number of rotatable bonds is 4. The highest BCUT2D eigenvalue weighted by atomic mass is 32.2. The van der Waals surface area contributed by atoms with Crippen molar-refractivity contribution in [2.45, 2.75) is 24.2 Å². The molecule has 1 saturated heterocycles. The van der Waals surface area contributed by atoms with Gasteiger partial charge in [-0.2, -0.15) is 4.31 Å². The number of aryl methyl sites for hydroxylation is 1. The molecule has 0 amide bonds. The minimum Gasteiger partial charge on any atom is -0.496 e. The minimum absolute atomic E-state index is 0.386. The van der Waals surface area contributed by atoms with Crippen LogP contribution in [0.2, 0.25) is 0 Å². The summed E-state index contributed by atoms with van der Waals surface area (Å²) in [6.45, 7) is 3.19. The van der Waals surface area contributed by atoms with Crippen LogP contribution in [0.5, 0.6) is 5.75 Å². The smallest absolute Gasteiger partial charge is 0.243 e. The zero-order valence-electron chi connectivity index (χ0n) is 14.6. The van der Waals surface area contributed by atoms with Crippen LogP contribution in [0.15, 0.2) is 53.4 Å². The predicted molar refractivity (Wildman–Crippen MR) is 97.3 cm³/mol. The lowest BCUT2D eigenvalue weighted by Gasteiger charge is -2.40. The van der Waals surface area contributed by atoms with Gasteiger partial charge in [0.05, 0.1) is 12.0 Å². The Labute approximate surface area is 149 Å². The number of nitrogens with zero attached hydrogens (tertiary/aromatic N) is 1. The number of methoxy groups -OCH3 is 1. The van der Waals surface area contributed by atoms with E-state index >= 15 is 0 Å². The molecule has 0 spiro atoms. The molecule has 1 saturated carbocycles. The van der Waals surface area contributed by atoms with Crippen LogP contribution in [-0.2, 0) is 10.0 Å². The number of hydrogen-bond acceptors (Lipinski definition) is 3. The van der Waals surface area contributed by atoms with Gasteiger partial charge in [0.15, 0.2) is 0 Å². The number of hydrogen-bond donors (Lipinski definition) is 0. The maximum absolute atomic E-state index is 12.9. The third-order valence-electron chi connectivity index (χ3n) is 5.73. The molecule has 1 heterocycles. The zero-order valence-corrected chi connectivity index (χ0v) is 15.4. The Bertz CT molecular complexity index is 876. The number of ether oxygens (including phenoxy) is 1. The Kier molecular flexibility index (Phi) is 4.08. The zero-order chi connectivity index (χ0) is 17.6. The quantitative estimate of drug-likeness (QED) is 0.842. The maximum Gasteiger partial charge on any atom is 0.243 e. The van der Waals surface area contributed by atoms with Crippen LogP contribution >= 0.6 is 0 Å². The lowest BCUT2D eigenvalue weighted by atomic mass is 9.64. The Morgan fingerprint density at radius 2 is 1.76 bits per heavy atom. The van der Waals surface area contributed by atoms with Gasteiger partial charge >= 0.3 is 0 Å². The van der Waals surface area contributed by atoms with E-state index in [1.54, 1.807) is 23.5 Å². The van der Waals surface area contributed by atoms with Gasteiger partial charge < -0.3 is 4.74 Å². The summed E-state index contributed by atoms with van der Waals surface area (Å²) in [5.41, 5.74) is 2.28. The van der Waals surface area contributed by atoms with Crippen molar-refractivity contribution in [2.75, 3.05) is 20.2 Å². The van der Waals surface area contributed by atoms with Gasteiger partial charge in [-0.25, -0.2) is 8.42 Å². The van der Waals surface area contributed by atoms with E-state index in [4.69, 9.17) is 4.74 Å². The second-order valence-electron chi connectivity index (χ2n) is 7.14. The molecule has 0 N–H and O–H groups in total. The fourth-order valence-electron chi connectivity index (χ4n) is 4.25. The highest BCUT2D eigenvalue weighted by molar-refractivity contribution is 7.89. The van der Waals surface area contributed by atoms with Gasteiger partial charge in [-0.15, -0.1) is 0 Å². The summed E-state index contributed by atoms with van der Waals surface area (Å²) >= 11 is 0. The predicted octanol–water partition coefficient (Wildman–Crippen LogP) is 3.43. The summed E-state index contributed by atoms with van der Waals surface area (Å²) in [7, 11) is -1.71. The lowest BCUT2D eigenvalue weighted by molar-refractivity contribution is 0.187. The van der Waals surface area contributed by atoms with Crippen molar-refractivity contribution < 1.29 is 13.2 Å². The molecule has 2 aromatic carbocycles. The number of sulfonamides is 1. The van der Waals surface area contributed by atoms with Crippen LogP contribution in [0.25, 0.3) is 0 Å². The van der Waals surface area contributed by atoms with Crippen molar-refractivity contribution in [3.63, 3.8) is 0 Å². The molecule has 25 heavy (non-hydrogen) atoms. The molecular formula is C20H23NO3S. The van der Waals surface area contributed by atoms with Crippen molar-refractivity contribution in [1.29, 1.82) is 0 Å². The molecule has 2 aromatic rings. The number of para-hydroxylation sites is 1. The molecule has 5 heteroatoms. The largest absolute Gasteiger partial charge is 0.496 e. The first-order chi connectivity index (χ1) is 12.0. The van der Waals surface area contributed by atoms with Crippen LogP contribution in [0.1, 0.15) is 23.5 Å². The van der Waals surface area contributed by atoms with Gasteiger partial charge in [0, 0.05) is 13.1 Å². The van der Waals surface area contributed by atoms with Gasteiger partial charge in [0.2, 0.25) is 10.0 Å². The normalized spacial score (nSPS) is 26.1. The van der Waals surface area contributed by atoms with Gasteiger partial charge in [-0.05, 0) is 54.9 Å². The highest BCUT2D eigenvalue weighted by Gasteiger charge is 2.51. The Morgan fingerprint density at radius 1 is 1.04 bits per heavy atom. The van der Waals surface area contributed by atoms with Crippen molar-refractivity contribution in [3.8, 4) is 5.75 Å². The maximum atomic E-state index is 12.9. The SMILES string of the molecule is COc1ccccc1[C@@H]1C[C@H]2CN(S(=O)(=O)c3ccc(C)cc3)C[C@H]21. The third kappa shape index (κ3) is 2.75. The first-order valence-corrected chi connectivity index (χ1v) is 10.1. The van der Waals surface area contributed by atoms with Crippen molar-refractivity contribution in [1.82, 2.24) is 4.31 Å². The second kappa shape index (κ2) is 6.15. The summed E-state index contributed by atoms with van der Waals surface area (Å²) < 4.78 is 33.0. The van der Waals surface area contributed by atoms with Crippen LogP contribution in [0, 0.1) is 18.8 Å². The average Bonchev–Trinajstić information content (AvgIpc) is 2.93. The molecule has 3 atom stereocenters. The van der Waals surface area contributed by atoms with Crippen LogP contribution < -0.4 is 4.74 Å². The average molecular weight is 357 g/mol. The van der Waals surface area contributed by atoms with E-state index in [1.165, 1.54) is 5.56 Å². The molecule has 2 aliphatic rings. The molecule has 4 nitrogen and oxygen atoms in total. The van der Waals surface area contributed by atoms with Crippen molar-refractivity contribution in [2.24, 2.45) is 11.8 Å². The Balaban J connectivity index is 1.55. The highest BCUT2D eigenvalue weighted by Crippen LogP contribution is 2.53. The summed E-state index contributed by atoms with van der Waals surface area (Å²) in [5.74, 6) is 2.14. The van der Waals surface area contributed by atoms with Crippen LogP contribution in [0.3, 0.4) is 0 Å². The van der Waals surface area contributed by atoms with Crippen molar-refractivity contribution in [3.05, 3.63) is 59.7 Å². The first kappa shape index (κ1) is 16.6. The fraction of sp³-hybridized carbons (Fsp3) is 0.400. The van der Waals surface area contributed by atoms with Crippen LogP contribution in [0.4, 0.5) is 0 Å². The van der Waals surface area contributed by atoms with E-state index in [0.717, 1.165) is 17.7 Å². The van der Waals surface area contributed by atoms with E-state index in [9.17, 15) is 8.42 Å². The molecule has 0 bridgehead atoms. The molecule has 1 aliphatic carbocycles. The molecule has 0 radical (unpaired) electrons. The topological polar surface area (TPSA) is 46.6 Å². The van der Waals surface area contributed by atoms with E-state index in [1.807, 2.05) is 37.3 Å². The second-order valence-corrected chi connectivity index (χ2v) is 9.08. The standard InChI is InChI=1S/C20H23NO3S/c1-14-7-9-16(10-8-14)25(22,23)21-12-15-11-18(19(15)13-21)17-5-3-4-6-20(17)24-2/h3-10,15,18-19H,11-13H2,1-2H3/t15-,18-,19+/m0/s1. The van der Waals surface area contributed by atoms with E-state index < -0.39 is 10.0 Å². The summed E-state index contributed by atoms with van der Waals surface area (Å²) in [6, 6.07) is 15.2. The van der Waals surface area contributed by atoms with E-state index in [-0.39, 0.29) is 0 Å². The van der Waals surface area contributed by atoms with Crippen molar-refractivity contribution >= 4 is 10.0 Å². The fourth-order valence-corrected chi connectivity index (χ4v) is 5.79. The summed E-state index contributed by atoms with van der Waals surface area (Å²) in [4.78, 5) is 0.397. The molecule has 4 rings (SSSR count). The Morgan fingerprint density at radius 3 is 2.48 bits per heavy atom. The molecule has 0 aromatic heterocycles. The van der Waals surface area contributed by atoms with E-state index in [2.05, 4.69) is 6.07 Å². The summed E-state index contributed by atoms with van der Waals surface area (Å²) in [6.07, 6.45) is 1.03. The first-order valence-electron chi connectivity index (χ1n) is 8.70. The van der Waals surface area contributed by atoms with Crippen LogP contribution in [-0.4, -0.2) is 32.9 Å². The third-order valence-corrected chi connectivity index (χ3v) is 7.57. The molecule has 132 valence electrons. The van der Waals surface area contributed by atoms with Gasteiger partial charge in [-0.3, -0.25) is 0 Å². The lowest BCUT2D eigenvalue weighted by Crippen LogP contribution is -2.33. The van der Waals surface area contributed by atoms with Gasteiger partial charge in [0.1, 0.15) is 5.75 Å². The molecule has 1 aliphatic heterocycles. The Hall–Kier alpha value is -1.85. The van der Waals surface area contributed by atoms with Gasteiger partial charge in [-0.1, -0.05) is 35.9 Å². The molecule has 2 fully saturated rings. The number of benzene rings is 2. The van der Waals surface area contributed by atoms with Gasteiger partial charge in [0.25, 0.3) is 0 Å². The summed E-state index contributed by atoms with van der Waals surface area (Å²) in [5, 5.41) is 0. The van der Waals surface area contributed by atoms with E-state index in [0.29, 0.717) is 35.7 Å². The minimum atomic E-state index is -3.40. The number of fused-ring (bicyclic) bond motifs is 1.